The van der Waals surface area contributed by atoms with Gasteiger partial charge in [0.25, 0.3) is 0 Å². The molecule has 0 aliphatic rings. The number of halogens is 1. The predicted molar refractivity (Wildman–Crippen MR) is 76.3 cm³/mol. The molecule has 102 valence electrons. The summed E-state index contributed by atoms with van der Waals surface area (Å²) in [6, 6.07) is 5.79. The van der Waals surface area contributed by atoms with E-state index in [2.05, 4.69) is 19.2 Å². The maximum Gasteiger partial charge on any atom is 0.0945 e. The topological polar surface area (TPSA) is 41.5 Å². The first-order valence-electron chi connectivity index (χ1n) is 6.25. The van der Waals surface area contributed by atoms with E-state index in [9.17, 15) is 5.11 Å². The molecule has 0 bridgehead atoms. The second-order valence-electron chi connectivity index (χ2n) is 4.90. The van der Waals surface area contributed by atoms with Crippen molar-refractivity contribution in [3.8, 4) is 0 Å². The van der Waals surface area contributed by atoms with Crippen LogP contribution in [0.2, 0.25) is 5.02 Å². The lowest BCUT2D eigenvalue weighted by Crippen LogP contribution is -2.25. The number of aliphatic hydroxyl groups is 1. The summed E-state index contributed by atoms with van der Waals surface area (Å²) >= 11 is 6.15. The van der Waals surface area contributed by atoms with Gasteiger partial charge in [-0.1, -0.05) is 37.6 Å². The van der Waals surface area contributed by atoms with Crippen molar-refractivity contribution in [2.45, 2.75) is 26.9 Å². The van der Waals surface area contributed by atoms with E-state index in [1.165, 1.54) is 0 Å². The van der Waals surface area contributed by atoms with Crippen LogP contribution >= 0.6 is 11.6 Å². The molecule has 0 fully saturated rings. The Morgan fingerprint density at radius 1 is 1.33 bits per heavy atom. The molecule has 3 nitrogen and oxygen atoms in total. The van der Waals surface area contributed by atoms with Crippen molar-refractivity contribution in [3.05, 3.63) is 28.8 Å². The van der Waals surface area contributed by atoms with Crippen LogP contribution in [0, 0.1) is 12.8 Å². The number of anilines is 1. The maximum absolute atomic E-state index is 9.75. The molecule has 0 aromatic heterocycles. The Morgan fingerprint density at radius 2 is 2.06 bits per heavy atom. The molecule has 1 unspecified atom stereocenters. The molecule has 2 N–H and O–H groups in total. The molecule has 0 radical (unpaired) electrons. The molecule has 0 amide bonds. The van der Waals surface area contributed by atoms with Crippen molar-refractivity contribution in [2.75, 3.05) is 25.1 Å². The molecule has 0 heterocycles. The van der Waals surface area contributed by atoms with Gasteiger partial charge in [-0.3, -0.25) is 0 Å². The molecule has 0 aliphatic heterocycles. The number of benzene rings is 1. The summed E-state index contributed by atoms with van der Waals surface area (Å²) < 4.78 is 5.38. The van der Waals surface area contributed by atoms with Crippen LogP contribution in [0.3, 0.4) is 0 Å². The van der Waals surface area contributed by atoms with E-state index in [0.717, 1.165) is 11.3 Å². The van der Waals surface area contributed by atoms with Gasteiger partial charge >= 0.3 is 0 Å². The van der Waals surface area contributed by atoms with Crippen molar-refractivity contribution in [1.82, 2.24) is 0 Å². The number of hydrogen-bond donors (Lipinski definition) is 2. The van der Waals surface area contributed by atoms with Gasteiger partial charge in [0.05, 0.1) is 23.4 Å². The first kappa shape index (κ1) is 15.3. The van der Waals surface area contributed by atoms with Crippen LogP contribution in [0.1, 0.15) is 19.4 Å². The average Bonchev–Trinajstić information content (AvgIpc) is 2.30. The second-order valence-corrected chi connectivity index (χ2v) is 5.28. The fourth-order valence-electron chi connectivity index (χ4n) is 1.51. The molecule has 18 heavy (non-hydrogen) atoms. The Kier molecular flexibility index (Phi) is 6.47. The number of nitrogens with one attached hydrogen (secondary N) is 1. The van der Waals surface area contributed by atoms with E-state index in [4.69, 9.17) is 16.3 Å². The Morgan fingerprint density at radius 3 is 2.72 bits per heavy atom. The molecular weight excluding hydrogens is 250 g/mol. The van der Waals surface area contributed by atoms with Crippen LogP contribution in [0.25, 0.3) is 0 Å². The predicted octanol–water partition coefficient (Wildman–Crippen LogP) is 3.09. The lowest BCUT2D eigenvalue weighted by atomic mass is 10.2. The van der Waals surface area contributed by atoms with E-state index in [0.29, 0.717) is 30.7 Å². The van der Waals surface area contributed by atoms with E-state index in [1.54, 1.807) is 0 Å². The molecule has 0 aliphatic carbocycles. The highest BCUT2D eigenvalue weighted by atomic mass is 35.5. The number of aryl methyl sites for hydroxylation is 1. The van der Waals surface area contributed by atoms with Crippen LogP contribution in [0.5, 0.6) is 0 Å². The van der Waals surface area contributed by atoms with Gasteiger partial charge in [0.15, 0.2) is 0 Å². The summed E-state index contributed by atoms with van der Waals surface area (Å²) in [5, 5.41) is 13.6. The second kappa shape index (κ2) is 7.62. The summed E-state index contributed by atoms with van der Waals surface area (Å²) in [5.74, 6) is 0.483. The van der Waals surface area contributed by atoms with Crippen LogP contribution < -0.4 is 5.32 Å². The zero-order chi connectivity index (χ0) is 13.5. The Balaban J connectivity index is 2.33. The van der Waals surface area contributed by atoms with Gasteiger partial charge in [-0.15, -0.1) is 0 Å². The molecule has 1 aromatic rings. The van der Waals surface area contributed by atoms with Crippen molar-refractivity contribution >= 4 is 17.3 Å². The molecular formula is C14H22ClNO2. The van der Waals surface area contributed by atoms with E-state index in [-0.39, 0.29) is 0 Å². The number of ether oxygens (including phenoxy) is 1. The Bertz CT molecular complexity index is 369. The molecule has 1 aromatic carbocycles. The Hall–Kier alpha value is -0.770. The zero-order valence-corrected chi connectivity index (χ0v) is 12.0. The summed E-state index contributed by atoms with van der Waals surface area (Å²) in [6.45, 7) is 7.56. The molecule has 0 spiro atoms. The van der Waals surface area contributed by atoms with E-state index < -0.39 is 6.10 Å². The van der Waals surface area contributed by atoms with Crippen LogP contribution in [-0.2, 0) is 4.74 Å². The minimum atomic E-state index is -0.527. The monoisotopic (exact) mass is 271 g/mol. The lowest BCUT2D eigenvalue weighted by Gasteiger charge is -2.15. The van der Waals surface area contributed by atoms with Gasteiger partial charge in [0, 0.05) is 13.2 Å². The third-order valence-corrected chi connectivity index (χ3v) is 2.98. The molecule has 4 heteroatoms. The molecule has 0 saturated carbocycles. The third-order valence-electron chi connectivity index (χ3n) is 2.48. The van der Waals surface area contributed by atoms with Crippen molar-refractivity contribution in [1.29, 1.82) is 0 Å². The van der Waals surface area contributed by atoms with Gasteiger partial charge in [-0.05, 0) is 24.5 Å². The Labute approximate surface area is 114 Å². The summed E-state index contributed by atoms with van der Waals surface area (Å²) in [7, 11) is 0. The normalized spacial score (nSPS) is 12.8. The number of aliphatic hydroxyl groups excluding tert-OH is 1. The molecule has 1 rings (SSSR count). The van der Waals surface area contributed by atoms with Crippen LogP contribution in [-0.4, -0.2) is 31.0 Å². The largest absolute Gasteiger partial charge is 0.389 e. The fraction of sp³-hybridized carbons (Fsp3) is 0.571. The van der Waals surface area contributed by atoms with Gasteiger partial charge in [-0.25, -0.2) is 0 Å². The third kappa shape index (κ3) is 5.25. The van der Waals surface area contributed by atoms with Crippen molar-refractivity contribution in [3.63, 3.8) is 0 Å². The lowest BCUT2D eigenvalue weighted by molar-refractivity contribution is 0.0318. The molecule has 1 atom stereocenters. The van der Waals surface area contributed by atoms with Crippen molar-refractivity contribution in [2.24, 2.45) is 5.92 Å². The van der Waals surface area contributed by atoms with Crippen LogP contribution in [0.4, 0.5) is 5.69 Å². The SMILES string of the molecule is Cc1cccc(NCC(O)COCC(C)C)c1Cl. The van der Waals surface area contributed by atoms with Crippen molar-refractivity contribution < 1.29 is 9.84 Å². The highest BCUT2D eigenvalue weighted by Crippen LogP contribution is 2.24. The molecule has 0 saturated heterocycles. The highest BCUT2D eigenvalue weighted by Gasteiger charge is 2.07. The summed E-state index contributed by atoms with van der Waals surface area (Å²) in [6.07, 6.45) is -0.527. The first-order chi connectivity index (χ1) is 8.50. The minimum Gasteiger partial charge on any atom is -0.389 e. The fourth-order valence-corrected chi connectivity index (χ4v) is 1.70. The first-order valence-corrected chi connectivity index (χ1v) is 6.63. The van der Waals surface area contributed by atoms with Crippen LogP contribution in [0.15, 0.2) is 18.2 Å². The quantitative estimate of drug-likeness (QED) is 0.801. The van der Waals surface area contributed by atoms with Gasteiger partial charge < -0.3 is 15.2 Å². The highest BCUT2D eigenvalue weighted by molar-refractivity contribution is 6.33. The van der Waals surface area contributed by atoms with Gasteiger partial charge in [0.2, 0.25) is 0 Å². The summed E-state index contributed by atoms with van der Waals surface area (Å²) in [5.41, 5.74) is 1.87. The number of rotatable bonds is 7. The van der Waals surface area contributed by atoms with E-state index in [1.807, 2.05) is 25.1 Å². The average molecular weight is 272 g/mol. The maximum atomic E-state index is 9.75. The van der Waals surface area contributed by atoms with Gasteiger partial charge in [-0.2, -0.15) is 0 Å². The smallest absolute Gasteiger partial charge is 0.0945 e. The van der Waals surface area contributed by atoms with Gasteiger partial charge in [0.1, 0.15) is 0 Å². The number of hydrogen-bond acceptors (Lipinski definition) is 3. The zero-order valence-electron chi connectivity index (χ0n) is 11.2. The minimum absolute atomic E-state index is 0.342. The van der Waals surface area contributed by atoms with E-state index >= 15 is 0 Å². The summed E-state index contributed by atoms with van der Waals surface area (Å²) in [4.78, 5) is 0. The standard InChI is InChI=1S/C14H22ClNO2/c1-10(2)8-18-9-12(17)7-16-13-6-4-5-11(3)14(13)15/h4-6,10,12,16-17H,7-9H2,1-3H3.